The molecule has 0 radical (unpaired) electrons. The maximum Gasteiger partial charge on any atom is 0.306 e. The van der Waals surface area contributed by atoms with Crippen LogP contribution in [0.3, 0.4) is 0 Å². The van der Waals surface area contributed by atoms with Crippen LogP contribution in [0.15, 0.2) is 134 Å². The average Bonchev–Trinajstić information content (AvgIpc) is 3.28. The Kier molecular flexibility index (Phi) is 46.7. The Balaban J connectivity index is 4.55. The molecular weight excluding hydrogens is 781 g/mol. The first-order valence-corrected chi connectivity index (χ1v) is 24.8. The fourth-order valence-corrected chi connectivity index (χ4v) is 6.20. The van der Waals surface area contributed by atoms with Crippen LogP contribution in [0, 0.1) is 0 Å². The van der Waals surface area contributed by atoms with Gasteiger partial charge in [-0.3, -0.25) is 14.4 Å². The standard InChI is InChI=1S/C57H88O6/c1-4-7-10-13-16-19-22-25-26-27-28-29-30-33-35-38-41-44-47-50-56(59)62-53-54(63-57(60)51-48-45-42-39-36-32-24-21-18-15-12-9-6-3)52-61-55(58)49-46-43-40-37-34-31-23-20-17-14-11-8-5-2/h8-9,11-12,14-15,17-18,20-21,23-24,27-28,31-32,34,36-37,39-40,42,54H,4-7,10,13,16,19,22,25-26,29-30,33,35,38,41,43-53H2,1-3H3/b11-8-,12-9-,17-14-,18-15-,23-20-,24-21-,28-27-,34-31-,36-32-,40-37-,42-39-. The summed E-state index contributed by atoms with van der Waals surface area (Å²) in [6, 6.07) is 0. The van der Waals surface area contributed by atoms with Crippen molar-refractivity contribution in [3.05, 3.63) is 134 Å². The number of hydrogen-bond acceptors (Lipinski definition) is 6. The van der Waals surface area contributed by atoms with Crippen LogP contribution < -0.4 is 0 Å². The molecule has 0 aliphatic rings. The van der Waals surface area contributed by atoms with Crippen molar-refractivity contribution in [3.63, 3.8) is 0 Å². The molecule has 0 aromatic carbocycles. The molecule has 0 bridgehead atoms. The third-order valence-electron chi connectivity index (χ3n) is 9.88. The van der Waals surface area contributed by atoms with Crippen LogP contribution in [0.25, 0.3) is 0 Å². The Labute approximate surface area is 385 Å². The van der Waals surface area contributed by atoms with Crippen LogP contribution in [0.5, 0.6) is 0 Å². The van der Waals surface area contributed by atoms with Crippen molar-refractivity contribution >= 4 is 17.9 Å². The molecule has 0 rings (SSSR count). The van der Waals surface area contributed by atoms with Gasteiger partial charge >= 0.3 is 17.9 Å². The van der Waals surface area contributed by atoms with Gasteiger partial charge in [-0.05, 0) is 70.6 Å². The Hall–Kier alpha value is -4.45. The summed E-state index contributed by atoms with van der Waals surface area (Å²) < 4.78 is 16.6. The molecule has 0 aliphatic heterocycles. The van der Waals surface area contributed by atoms with Crippen LogP contribution in [-0.4, -0.2) is 37.2 Å². The molecule has 1 unspecified atom stereocenters. The fraction of sp³-hybridized carbons (Fsp3) is 0.561. The molecule has 0 aromatic rings. The van der Waals surface area contributed by atoms with E-state index in [2.05, 4.69) is 45.1 Å². The lowest BCUT2D eigenvalue weighted by molar-refractivity contribution is -0.167. The smallest absolute Gasteiger partial charge is 0.306 e. The maximum atomic E-state index is 12.7. The molecule has 352 valence electrons. The second kappa shape index (κ2) is 50.2. The molecule has 0 aliphatic carbocycles. The zero-order valence-electron chi connectivity index (χ0n) is 40.0. The highest BCUT2D eigenvalue weighted by Gasteiger charge is 2.19. The van der Waals surface area contributed by atoms with Gasteiger partial charge in [0.2, 0.25) is 0 Å². The van der Waals surface area contributed by atoms with Crippen molar-refractivity contribution < 1.29 is 28.6 Å². The molecule has 6 nitrogen and oxygen atoms in total. The van der Waals surface area contributed by atoms with Crippen LogP contribution in [0.1, 0.15) is 188 Å². The summed E-state index contributed by atoms with van der Waals surface area (Å²) in [5.74, 6) is -1.10. The van der Waals surface area contributed by atoms with E-state index in [-0.39, 0.29) is 38.0 Å². The molecule has 0 saturated heterocycles. The van der Waals surface area contributed by atoms with Crippen molar-refractivity contribution in [2.24, 2.45) is 0 Å². The van der Waals surface area contributed by atoms with Gasteiger partial charge in [0.15, 0.2) is 6.10 Å². The Morgan fingerprint density at radius 1 is 0.333 bits per heavy atom. The van der Waals surface area contributed by atoms with Crippen LogP contribution >= 0.6 is 0 Å². The van der Waals surface area contributed by atoms with Gasteiger partial charge in [-0.2, -0.15) is 0 Å². The molecule has 0 aromatic heterocycles. The number of allylic oxidation sites excluding steroid dienone is 22. The van der Waals surface area contributed by atoms with Crippen LogP contribution in [-0.2, 0) is 28.6 Å². The summed E-state index contributed by atoms with van der Waals surface area (Å²) in [4.78, 5) is 37.8. The van der Waals surface area contributed by atoms with Crippen molar-refractivity contribution in [3.8, 4) is 0 Å². The van der Waals surface area contributed by atoms with E-state index in [0.717, 1.165) is 38.5 Å². The average molecular weight is 869 g/mol. The first-order valence-electron chi connectivity index (χ1n) is 24.8. The lowest BCUT2D eigenvalue weighted by Gasteiger charge is -2.18. The molecule has 0 N–H and O–H groups in total. The number of carbonyl (C=O) groups excluding carboxylic acids is 3. The highest BCUT2D eigenvalue weighted by molar-refractivity contribution is 5.71. The van der Waals surface area contributed by atoms with Gasteiger partial charge in [0.1, 0.15) is 13.2 Å². The van der Waals surface area contributed by atoms with Crippen molar-refractivity contribution in [1.29, 1.82) is 0 Å². The Bertz CT molecular complexity index is 1420. The third-order valence-corrected chi connectivity index (χ3v) is 9.88. The molecule has 6 heteroatoms. The summed E-state index contributed by atoms with van der Waals surface area (Å²) >= 11 is 0. The fourth-order valence-electron chi connectivity index (χ4n) is 6.20. The molecule has 0 heterocycles. The topological polar surface area (TPSA) is 78.9 Å². The summed E-state index contributed by atoms with van der Waals surface area (Å²) in [6.45, 7) is 6.19. The van der Waals surface area contributed by atoms with Gasteiger partial charge in [0.25, 0.3) is 0 Å². The van der Waals surface area contributed by atoms with E-state index in [0.29, 0.717) is 25.7 Å². The van der Waals surface area contributed by atoms with E-state index < -0.39 is 12.1 Å². The van der Waals surface area contributed by atoms with E-state index in [1.165, 1.54) is 89.9 Å². The minimum Gasteiger partial charge on any atom is -0.462 e. The van der Waals surface area contributed by atoms with Gasteiger partial charge in [0.05, 0.1) is 0 Å². The third kappa shape index (κ3) is 48.4. The number of rotatable bonds is 42. The Morgan fingerprint density at radius 2 is 0.651 bits per heavy atom. The largest absolute Gasteiger partial charge is 0.462 e. The first-order chi connectivity index (χ1) is 31.0. The second-order valence-corrected chi connectivity index (χ2v) is 15.8. The zero-order chi connectivity index (χ0) is 45.8. The highest BCUT2D eigenvalue weighted by Crippen LogP contribution is 2.13. The maximum absolute atomic E-state index is 12.7. The lowest BCUT2D eigenvalue weighted by Crippen LogP contribution is -2.30. The summed E-state index contributed by atoms with van der Waals surface area (Å²) in [5, 5.41) is 0. The molecule has 1 atom stereocenters. The van der Waals surface area contributed by atoms with Gasteiger partial charge < -0.3 is 14.2 Å². The highest BCUT2D eigenvalue weighted by atomic mass is 16.6. The van der Waals surface area contributed by atoms with E-state index in [4.69, 9.17) is 14.2 Å². The predicted octanol–water partition coefficient (Wildman–Crippen LogP) is 16.3. The molecular formula is C57H88O6. The van der Waals surface area contributed by atoms with Gasteiger partial charge in [-0.1, -0.05) is 231 Å². The number of esters is 3. The lowest BCUT2D eigenvalue weighted by atomic mass is 10.1. The quantitative estimate of drug-likeness (QED) is 0.0200. The van der Waals surface area contributed by atoms with Gasteiger partial charge in [0, 0.05) is 19.3 Å². The number of hydrogen-bond donors (Lipinski definition) is 0. The SMILES string of the molecule is CC\C=C/C=C\C=C/C=C\C=C/CCCC(=O)OCC(COC(=O)CCCCCCCCC/C=C\CCCCCCCCCC)OC(=O)CCC\C=C/C=C\C=C/C=C\C=C/CC. The van der Waals surface area contributed by atoms with Crippen molar-refractivity contribution in [1.82, 2.24) is 0 Å². The molecule has 0 fully saturated rings. The van der Waals surface area contributed by atoms with E-state index >= 15 is 0 Å². The summed E-state index contributed by atoms with van der Waals surface area (Å²) in [5.41, 5.74) is 0. The summed E-state index contributed by atoms with van der Waals surface area (Å²) in [7, 11) is 0. The van der Waals surface area contributed by atoms with Crippen LogP contribution in [0.4, 0.5) is 0 Å². The molecule has 0 spiro atoms. The van der Waals surface area contributed by atoms with Crippen LogP contribution in [0.2, 0.25) is 0 Å². The summed E-state index contributed by atoms with van der Waals surface area (Å²) in [6.07, 6.45) is 70.3. The molecule has 63 heavy (non-hydrogen) atoms. The normalized spacial score (nSPS) is 13.3. The molecule has 0 amide bonds. The van der Waals surface area contributed by atoms with Gasteiger partial charge in [-0.15, -0.1) is 0 Å². The molecule has 0 saturated carbocycles. The zero-order valence-corrected chi connectivity index (χ0v) is 40.0. The van der Waals surface area contributed by atoms with Crippen molar-refractivity contribution in [2.75, 3.05) is 13.2 Å². The van der Waals surface area contributed by atoms with E-state index in [9.17, 15) is 14.4 Å². The second-order valence-electron chi connectivity index (χ2n) is 15.8. The number of carbonyl (C=O) groups is 3. The van der Waals surface area contributed by atoms with Crippen molar-refractivity contribution in [2.45, 2.75) is 194 Å². The first kappa shape index (κ1) is 58.6. The van der Waals surface area contributed by atoms with E-state index in [1.54, 1.807) is 0 Å². The minimum absolute atomic E-state index is 0.136. The monoisotopic (exact) mass is 869 g/mol. The predicted molar refractivity (Wildman–Crippen MR) is 269 cm³/mol. The Morgan fingerprint density at radius 3 is 1.06 bits per heavy atom. The minimum atomic E-state index is -0.849. The number of ether oxygens (including phenoxy) is 3. The number of unbranched alkanes of at least 4 members (excludes halogenated alkanes) is 17. The van der Waals surface area contributed by atoms with Gasteiger partial charge in [-0.25, -0.2) is 0 Å². The van der Waals surface area contributed by atoms with E-state index in [1.807, 2.05) is 109 Å².